The van der Waals surface area contributed by atoms with Crippen molar-refractivity contribution in [2.75, 3.05) is 13.2 Å². The molecule has 0 atom stereocenters. The molecular weight excluding hydrogens is 250 g/mol. The maximum atomic E-state index is 13.1. The van der Waals surface area contributed by atoms with Crippen molar-refractivity contribution >= 4 is 11.6 Å². The van der Waals surface area contributed by atoms with Crippen LogP contribution in [0.1, 0.15) is 16.8 Å². The number of rotatable bonds is 2. The largest absolute Gasteiger partial charge is 0.285 e. The van der Waals surface area contributed by atoms with Gasteiger partial charge in [-0.15, -0.1) is 0 Å². The Labute approximate surface area is 99.9 Å². The molecule has 1 heterocycles. The Morgan fingerprint density at radius 2 is 2.06 bits per heavy atom. The molecule has 18 heavy (non-hydrogen) atoms. The molecule has 0 saturated carbocycles. The van der Waals surface area contributed by atoms with Gasteiger partial charge < -0.3 is 0 Å². The van der Waals surface area contributed by atoms with Gasteiger partial charge in [-0.25, -0.2) is 13.8 Å². The molecule has 1 saturated heterocycles. The van der Waals surface area contributed by atoms with Gasteiger partial charge in [-0.2, -0.15) is 0 Å². The summed E-state index contributed by atoms with van der Waals surface area (Å²) in [6.45, 7) is 0.568. The van der Waals surface area contributed by atoms with Gasteiger partial charge in [0.05, 0.1) is 24.1 Å². The second-order valence-electron chi connectivity index (χ2n) is 3.63. The molecule has 0 spiro atoms. The van der Waals surface area contributed by atoms with Crippen molar-refractivity contribution in [1.29, 1.82) is 0 Å². The topological polar surface area (TPSA) is 72.7 Å². The normalized spacial score (nSPS) is 14.9. The monoisotopic (exact) mass is 258 g/mol. The maximum absolute atomic E-state index is 13.1. The molecular formula is C10H8F2N2O4. The van der Waals surface area contributed by atoms with E-state index in [1.54, 1.807) is 0 Å². The van der Waals surface area contributed by atoms with Gasteiger partial charge in [0.15, 0.2) is 11.6 Å². The second-order valence-corrected chi connectivity index (χ2v) is 3.63. The third kappa shape index (κ3) is 2.14. The smallest absolute Gasteiger partial charge is 0.271 e. The number of hydroxylamine groups is 2. The average molecular weight is 258 g/mol. The molecule has 1 aliphatic heterocycles. The van der Waals surface area contributed by atoms with Gasteiger partial charge in [0.25, 0.3) is 11.6 Å². The van der Waals surface area contributed by atoms with Gasteiger partial charge in [-0.05, 0) is 12.5 Å². The number of nitro benzene ring substituents is 1. The zero-order valence-electron chi connectivity index (χ0n) is 9.06. The number of nitro groups is 1. The first kappa shape index (κ1) is 12.4. The maximum Gasteiger partial charge on any atom is 0.285 e. The van der Waals surface area contributed by atoms with E-state index in [1.165, 1.54) is 0 Å². The lowest BCUT2D eigenvalue weighted by Crippen LogP contribution is -2.27. The molecule has 2 rings (SSSR count). The summed E-state index contributed by atoms with van der Waals surface area (Å²) in [6.07, 6.45) is 0.587. The Hall–Kier alpha value is -2.09. The van der Waals surface area contributed by atoms with E-state index in [1.807, 2.05) is 0 Å². The predicted molar refractivity (Wildman–Crippen MR) is 54.6 cm³/mol. The highest BCUT2D eigenvalue weighted by Crippen LogP contribution is 2.24. The molecule has 1 aromatic carbocycles. The minimum absolute atomic E-state index is 0.259. The Kier molecular flexibility index (Phi) is 3.19. The predicted octanol–water partition coefficient (Wildman–Crippen LogP) is 1.65. The summed E-state index contributed by atoms with van der Waals surface area (Å²) >= 11 is 0. The number of carbonyl (C=O) groups is 1. The standard InChI is InChI=1S/C10H8F2N2O4/c11-7-4-6(9(14(16)17)5-8(7)12)10(15)13-2-1-3-18-13/h4-5H,1-3H2. The molecule has 0 N–H and O–H groups in total. The highest BCUT2D eigenvalue weighted by molar-refractivity contribution is 5.97. The van der Waals surface area contributed by atoms with Crippen LogP contribution in [-0.4, -0.2) is 29.0 Å². The van der Waals surface area contributed by atoms with Crippen molar-refractivity contribution in [1.82, 2.24) is 5.06 Å². The summed E-state index contributed by atoms with van der Waals surface area (Å²) in [5.41, 5.74) is -1.31. The van der Waals surface area contributed by atoms with E-state index >= 15 is 0 Å². The molecule has 8 heteroatoms. The summed E-state index contributed by atoms with van der Waals surface area (Å²) in [7, 11) is 0. The minimum atomic E-state index is -1.37. The highest BCUT2D eigenvalue weighted by Gasteiger charge is 2.29. The summed E-state index contributed by atoms with van der Waals surface area (Å²) in [6, 6.07) is 0.899. The van der Waals surface area contributed by atoms with Gasteiger partial charge in [0.1, 0.15) is 5.56 Å². The molecule has 0 aromatic heterocycles. The minimum Gasteiger partial charge on any atom is -0.271 e. The fraction of sp³-hybridized carbons (Fsp3) is 0.300. The van der Waals surface area contributed by atoms with Crippen LogP contribution in [0.5, 0.6) is 0 Å². The Balaban J connectivity index is 2.44. The third-order valence-corrected chi connectivity index (χ3v) is 2.44. The van der Waals surface area contributed by atoms with Crippen LogP contribution in [0.3, 0.4) is 0 Å². The molecule has 0 bridgehead atoms. The average Bonchev–Trinajstić information content (AvgIpc) is 2.84. The van der Waals surface area contributed by atoms with Crippen LogP contribution in [-0.2, 0) is 4.84 Å². The van der Waals surface area contributed by atoms with Gasteiger partial charge in [-0.3, -0.25) is 19.7 Å². The number of carbonyl (C=O) groups excluding carboxylic acids is 1. The van der Waals surface area contributed by atoms with Crippen LogP contribution < -0.4 is 0 Å². The number of nitrogens with zero attached hydrogens (tertiary/aromatic N) is 2. The first-order valence-corrected chi connectivity index (χ1v) is 5.09. The Bertz CT molecular complexity index is 515. The SMILES string of the molecule is O=C(c1cc(F)c(F)cc1[N+](=O)[O-])N1CCCO1. The first-order valence-electron chi connectivity index (χ1n) is 5.09. The fourth-order valence-electron chi connectivity index (χ4n) is 1.60. The van der Waals surface area contributed by atoms with E-state index in [9.17, 15) is 23.7 Å². The van der Waals surface area contributed by atoms with Gasteiger partial charge in [0, 0.05) is 0 Å². The number of hydrogen-bond donors (Lipinski definition) is 0. The van der Waals surface area contributed by atoms with Crippen molar-refractivity contribution in [3.8, 4) is 0 Å². The molecule has 0 aliphatic carbocycles. The summed E-state index contributed by atoms with van der Waals surface area (Å²) < 4.78 is 26.0. The molecule has 6 nitrogen and oxygen atoms in total. The Morgan fingerprint density at radius 3 is 2.61 bits per heavy atom. The van der Waals surface area contributed by atoms with Crippen LogP contribution in [0.2, 0.25) is 0 Å². The molecule has 1 fully saturated rings. The van der Waals surface area contributed by atoms with Crippen molar-refractivity contribution < 1.29 is 23.3 Å². The zero-order valence-corrected chi connectivity index (χ0v) is 9.06. The second kappa shape index (κ2) is 4.65. The number of amides is 1. The lowest BCUT2D eigenvalue weighted by atomic mass is 10.1. The number of benzene rings is 1. The Morgan fingerprint density at radius 1 is 1.39 bits per heavy atom. The molecule has 1 aliphatic rings. The van der Waals surface area contributed by atoms with Crippen molar-refractivity contribution in [3.05, 3.63) is 39.4 Å². The van der Waals surface area contributed by atoms with Crippen molar-refractivity contribution in [2.45, 2.75) is 6.42 Å². The zero-order chi connectivity index (χ0) is 13.3. The van der Waals surface area contributed by atoms with E-state index in [4.69, 9.17) is 4.84 Å². The van der Waals surface area contributed by atoms with E-state index in [-0.39, 0.29) is 6.54 Å². The van der Waals surface area contributed by atoms with Crippen LogP contribution in [0, 0.1) is 21.7 Å². The third-order valence-electron chi connectivity index (χ3n) is 2.44. The first-order chi connectivity index (χ1) is 8.50. The van der Waals surface area contributed by atoms with E-state index in [0.717, 1.165) is 5.06 Å². The van der Waals surface area contributed by atoms with E-state index < -0.39 is 33.7 Å². The van der Waals surface area contributed by atoms with Crippen LogP contribution in [0.4, 0.5) is 14.5 Å². The van der Waals surface area contributed by atoms with Crippen LogP contribution >= 0.6 is 0 Å². The van der Waals surface area contributed by atoms with Crippen molar-refractivity contribution in [2.24, 2.45) is 0 Å². The molecule has 0 unspecified atom stereocenters. The van der Waals surface area contributed by atoms with Gasteiger partial charge in [-0.1, -0.05) is 0 Å². The van der Waals surface area contributed by atoms with Gasteiger partial charge >= 0.3 is 0 Å². The molecule has 0 radical (unpaired) electrons. The van der Waals surface area contributed by atoms with E-state index in [0.29, 0.717) is 25.2 Å². The number of hydrogen-bond acceptors (Lipinski definition) is 4. The highest BCUT2D eigenvalue weighted by atomic mass is 19.2. The lowest BCUT2D eigenvalue weighted by molar-refractivity contribution is -0.385. The summed E-state index contributed by atoms with van der Waals surface area (Å²) in [4.78, 5) is 26.5. The fourth-order valence-corrected chi connectivity index (χ4v) is 1.60. The molecule has 1 aromatic rings. The molecule has 96 valence electrons. The van der Waals surface area contributed by atoms with Crippen LogP contribution in [0.15, 0.2) is 12.1 Å². The quantitative estimate of drug-likeness (QED) is 0.597. The van der Waals surface area contributed by atoms with Crippen molar-refractivity contribution in [3.63, 3.8) is 0 Å². The van der Waals surface area contributed by atoms with E-state index in [2.05, 4.69) is 0 Å². The summed E-state index contributed by atoms with van der Waals surface area (Å²) in [5, 5.41) is 11.6. The number of halogens is 2. The lowest BCUT2D eigenvalue weighted by Gasteiger charge is -2.13. The summed E-state index contributed by atoms with van der Waals surface area (Å²) in [5.74, 6) is -3.54. The van der Waals surface area contributed by atoms with Crippen LogP contribution in [0.25, 0.3) is 0 Å². The molecule has 1 amide bonds. The van der Waals surface area contributed by atoms with Gasteiger partial charge in [0.2, 0.25) is 0 Å².